The normalized spacial score (nSPS) is 10.7. The molecule has 0 aliphatic heterocycles. The van der Waals surface area contributed by atoms with Crippen molar-refractivity contribution in [1.82, 2.24) is 0 Å². The summed E-state index contributed by atoms with van der Waals surface area (Å²) in [5.41, 5.74) is 2.18. The lowest BCUT2D eigenvalue weighted by Gasteiger charge is -2.06. The van der Waals surface area contributed by atoms with E-state index in [0.717, 1.165) is 5.56 Å². The van der Waals surface area contributed by atoms with Crippen LogP contribution in [0.5, 0.6) is 11.5 Å². The second-order valence-corrected chi connectivity index (χ2v) is 6.78. The minimum absolute atomic E-state index is 0.246. The lowest BCUT2D eigenvalue weighted by Crippen LogP contribution is -2.04. The number of fused-ring (bicyclic) bond motifs is 1. The number of rotatable bonds is 6. The number of hydrogen-bond donors (Lipinski definition) is 0. The maximum atomic E-state index is 13.6. The summed E-state index contributed by atoms with van der Waals surface area (Å²) in [5, 5.41) is 0.472. The van der Waals surface area contributed by atoms with Crippen LogP contribution in [0, 0.1) is 0 Å². The Kier molecular flexibility index (Phi) is 5.45. The van der Waals surface area contributed by atoms with Gasteiger partial charge in [0, 0.05) is 16.5 Å². The van der Waals surface area contributed by atoms with E-state index < -0.39 is 5.97 Å². The summed E-state index contributed by atoms with van der Waals surface area (Å²) in [6.07, 6.45) is 0. The van der Waals surface area contributed by atoms with Crippen LogP contribution in [0.25, 0.3) is 22.3 Å². The van der Waals surface area contributed by atoms with Gasteiger partial charge < -0.3 is 18.6 Å². The molecule has 0 spiro atoms. The van der Waals surface area contributed by atoms with Crippen LogP contribution in [0.1, 0.15) is 26.3 Å². The molecular weight excluding hydrogens is 396 g/mol. The zero-order chi connectivity index (χ0) is 22.0. The Morgan fingerprint density at radius 2 is 1.52 bits per heavy atom. The second-order valence-electron chi connectivity index (χ2n) is 6.78. The van der Waals surface area contributed by atoms with Gasteiger partial charge in [0.1, 0.15) is 11.5 Å². The Morgan fingerprint density at radius 1 is 0.806 bits per heavy atom. The van der Waals surface area contributed by atoms with E-state index in [2.05, 4.69) is 0 Å². The van der Waals surface area contributed by atoms with Crippen LogP contribution in [-0.4, -0.2) is 33.1 Å². The first-order chi connectivity index (χ1) is 15.1. The van der Waals surface area contributed by atoms with Crippen LogP contribution in [0.15, 0.2) is 71.1 Å². The molecule has 6 heteroatoms. The van der Waals surface area contributed by atoms with Crippen LogP contribution < -0.4 is 9.47 Å². The zero-order valence-corrected chi connectivity index (χ0v) is 17.3. The number of ketones is 1. The largest absolute Gasteiger partial charge is 0.497 e. The van der Waals surface area contributed by atoms with Crippen LogP contribution in [-0.2, 0) is 4.74 Å². The summed E-state index contributed by atoms with van der Waals surface area (Å²) < 4.78 is 21.6. The number of methoxy groups -OCH3 is 3. The summed E-state index contributed by atoms with van der Waals surface area (Å²) in [5.74, 6) is 0.599. The van der Waals surface area contributed by atoms with Crippen molar-refractivity contribution in [1.29, 1.82) is 0 Å². The minimum Gasteiger partial charge on any atom is -0.497 e. The van der Waals surface area contributed by atoms with Crippen LogP contribution in [0.3, 0.4) is 0 Å². The maximum absolute atomic E-state index is 13.6. The summed E-state index contributed by atoms with van der Waals surface area (Å²) in [6.45, 7) is 0. The van der Waals surface area contributed by atoms with Crippen molar-refractivity contribution in [2.45, 2.75) is 0 Å². The van der Waals surface area contributed by atoms with Crippen molar-refractivity contribution >= 4 is 22.7 Å². The van der Waals surface area contributed by atoms with E-state index in [4.69, 9.17) is 18.6 Å². The predicted octanol–water partition coefficient (Wildman–Crippen LogP) is 5.13. The Labute approximate surface area is 179 Å². The van der Waals surface area contributed by atoms with Crippen molar-refractivity contribution < 1.29 is 28.2 Å². The monoisotopic (exact) mass is 416 g/mol. The Bertz CT molecular complexity index is 1250. The van der Waals surface area contributed by atoms with Gasteiger partial charge in [-0.25, -0.2) is 4.79 Å². The molecule has 1 heterocycles. The molecule has 0 unspecified atom stereocenters. The summed E-state index contributed by atoms with van der Waals surface area (Å²) in [7, 11) is 4.34. The molecule has 0 fully saturated rings. The molecule has 0 amide bonds. The highest BCUT2D eigenvalue weighted by atomic mass is 16.5. The highest BCUT2D eigenvalue weighted by molar-refractivity contribution is 6.20. The first-order valence-electron chi connectivity index (χ1n) is 9.54. The van der Waals surface area contributed by atoms with Gasteiger partial charge in [0.15, 0.2) is 17.1 Å². The summed E-state index contributed by atoms with van der Waals surface area (Å²) >= 11 is 0. The van der Waals surface area contributed by atoms with Gasteiger partial charge in [0.25, 0.3) is 0 Å². The number of benzene rings is 3. The van der Waals surface area contributed by atoms with Gasteiger partial charge in [-0.15, -0.1) is 0 Å². The van der Waals surface area contributed by atoms with Crippen LogP contribution in [0.4, 0.5) is 0 Å². The molecule has 0 aliphatic carbocycles. The van der Waals surface area contributed by atoms with Gasteiger partial charge in [-0.05, 0) is 36.4 Å². The average molecular weight is 416 g/mol. The number of esters is 1. The smallest absolute Gasteiger partial charge is 0.338 e. The van der Waals surface area contributed by atoms with E-state index in [0.29, 0.717) is 39.4 Å². The third-order valence-corrected chi connectivity index (χ3v) is 5.01. The molecule has 4 aromatic rings. The van der Waals surface area contributed by atoms with Crippen LogP contribution >= 0.6 is 0 Å². The fraction of sp³-hybridized carbons (Fsp3) is 0.120. The van der Waals surface area contributed by atoms with Crippen molar-refractivity contribution in [3.63, 3.8) is 0 Å². The Morgan fingerprint density at radius 3 is 2.13 bits per heavy atom. The molecule has 4 rings (SSSR count). The molecule has 0 saturated carbocycles. The van der Waals surface area contributed by atoms with E-state index in [1.165, 1.54) is 20.3 Å². The standard InChI is InChI=1S/C25H20O6/c1-28-18-11-9-15(10-12-18)22(26)21-19-13-17(25(27)30-3)14-20(29-2)24(19)31-23(21)16-7-5-4-6-8-16/h4-14H,1-3H3. The van der Waals surface area contributed by atoms with Gasteiger partial charge in [0.2, 0.25) is 0 Å². The predicted molar refractivity (Wildman–Crippen MR) is 116 cm³/mol. The molecule has 6 nitrogen and oxygen atoms in total. The highest BCUT2D eigenvalue weighted by Gasteiger charge is 2.26. The molecule has 0 radical (unpaired) electrons. The highest BCUT2D eigenvalue weighted by Crippen LogP contribution is 2.40. The third-order valence-electron chi connectivity index (χ3n) is 5.01. The first-order valence-corrected chi connectivity index (χ1v) is 9.54. The number of carbonyl (C=O) groups is 2. The molecule has 156 valence electrons. The quantitative estimate of drug-likeness (QED) is 0.320. The Balaban J connectivity index is 2.01. The molecule has 0 saturated heterocycles. The topological polar surface area (TPSA) is 75.0 Å². The molecule has 0 N–H and O–H groups in total. The van der Waals surface area contributed by atoms with Gasteiger partial charge in [-0.2, -0.15) is 0 Å². The summed E-state index contributed by atoms with van der Waals surface area (Å²) in [4.78, 5) is 25.8. The van der Waals surface area contributed by atoms with Crippen molar-refractivity contribution in [2.24, 2.45) is 0 Å². The van der Waals surface area contributed by atoms with Crippen molar-refractivity contribution in [2.75, 3.05) is 21.3 Å². The van der Waals surface area contributed by atoms with Crippen LogP contribution in [0.2, 0.25) is 0 Å². The molecule has 0 atom stereocenters. The van der Waals surface area contributed by atoms with E-state index >= 15 is 0 Å². The molecule has 31 heavy (non-hydrogen) atoms. The van der Waals surface area contributed by atoms with Gasteiger partial charge in [0.05, 0.1) is 32.5 Å². The first kappa shape index (κ1) is 20.2. The van der Waals surface area contributed by atoms with Crippen molar-refractivity contribution in [3.8, 4) is 22.8 Å². The fourth-order valence-corrected chi connectivity index (χ4v) is 3.46. The molecule has 0 bridgehead atoms. The van der Waals surface area contributed by atoms with E-state index in [1.54, 1.807) is 37.4 Å². The molecule has 3 aromatic carbocycles. The van der Waals surface area contributed by atoms with Gasteiger partial charge in [-0.1, -0.05) is 30.3 Å². The SMILES string of the molecule is COC(=O)c1cc(OC)c2oc(-c3ccccc3)c(C(=O)c3ccc(OC)cc3)c2c1. The maximum Gasteiger partial charge on any atom is 0.338 e. The van der Waals surface area contributed by atoms with E-state index in [1.807, 2.05) is 30.3 Å². The van der Waals surface area contributed by atoms with Gasteiger partial charge in [-0.3, -0.25) is 4.79 Å². The lowest BCUT2D eigenvalue weighted by atomic mass is 9.96. The average Bonchev–Trinajstić information content (AvgIpc) is 3.22. The number of carbonyl (C=O) groups excluding carboxylic acids is 2. The Hall–Kier alpha value is -4.06. The number of ether oxygens (including phenoxy) is 3. The molecule has 0 aliphatic rings. The minimum atomic E-state index is -0.537. The summed E-state index contributed by atoms with van der Waals surface area (Å²) in [6, 6.07) is 19.3. The van der Waals surface area contributed by atoms with E-state index in [9.17, 15) is 9.59 Å². The third kappa shape index (κ3) is 3.64. The van der Waals surface area contributed by atoms with Gasteiger partial charge >= 0.3 is 5.97 Å². The molecular formula is C25H20O6. The second kappa shape index (κ2) is 8.36. The fourth-order valence-electron chi connectivity index (χ4n) is 3.46. The number of furan rings is 1. The molecule has 1 aromatic heterocycles. The zero-order valence-electron chi connectivity index (χ0n) is 17.3. The number of hydrogen-bond acceptors (Lipinski definition) is 6. The van der Waals surface area contributed by atoms with E-state index in [-0.39, 0.29) is 11.3 Å². The lowest BCUT2D eigenvalue weighted by molar-refractivity contribution is 0.0600. The van der Waals surface area contributed by atoms with Crippen molar-refractivity contribution in [3.05, 3.63) is 83.4 Å².